The number of aromatic nitrogens is 2. The molecule has 2 rings (SSSR count). The molecule has 0 atom stereocenters. The van der Waals surface area contributed by atoms with Crippen molar-refractivity contribution in [3.05, 3.63) is 17.5 Å². The normalized spacial score (nSPS) is 13.0. The Hall–Kier alpha value is -0.290. The van der Waals surface area contributed by atoms with Crippen LogP contribution in [0, 0.1) is 0 Å². The molecule has 1 aliphatic rings. The summed E-state index contributed by atoms with van der Waals surface area (Å²) in [5, 5.41) is 16.1. The fraction of sp³-hybridized carbons (Fsp3) is 0.571. The van der Waals surface area contributed by atoms with Gasteiger partial charge in [0.1, 0.15) is 0 Å². The van der Waals surface area contributed by atoms with Crippen molar-refractivity contribution in [3.8, 4) is 0 Å². The van der Waals surface area contributed by atoms with Gasteiger partial charge in [0.25, 0.3) is 0 Å². The van der Waals surface area contributed by atoms with Crippen molar-refractivity contribution in [2.45, 2.75) is 19.6 Å². The van der Waals surface area contributed by atoms with Crippen LogP contribution in [0.5, 0.6) is 0 Å². The number of fused-ring (bicyclic) bond motifs is 1. The van der Waals surface area contributed by atoms with Gasteiger partial charge >= 0.3 is 0 Å². The molecule has 0 radical (unpaired) electrons. The van der Waals surface area contributed by atoms with Gasteiger partial charge < -0.3 is 10.4 Å². The summed E-state index contributed by atoms with van der Waals surface area (Å²) in [6.45, 7) is 2.57. The van der Waals surface area contributed by atoms with E-state index in [2.05, 4.69) is 10.4 Å². The van der Waals surface area contributed by atoms with E-state index in [9.17, 15) is 0 Å². The Labute approximate surface area is 89.1 Å². The second-order valence-corrected chi connectivity index (χ2v) is 2.67. The molecule has 0 saturated carbocycles. The minimum Gasteiger partial charge on any atom is -0.394 e. The zero-order chi connectivity index (χ0) is 7.68. The molecule has 0 unspecified atom stereocenters. The first-order valence-corrected chi connectivity index (χ1v) is 3.77. The van der Waals surface area contributed by atoms with Gasteiger partial charge in [-0.1, -0.05) is 0 Å². The smallest absolute Gasteiger partial charge is 0.0644 e. The van der Waals surface area contributed by atoms with Crippen LogP contribution in [0.3, 0.4) is 0 Å². The van der Waals surface area contributed by atoms with Gasteiger partial charge in [0.15, 0.2) is 0 Å². The van der Waals surface area contributed by atoms with E-state index in [-0.39, 0.29) is 31.4 Å². The van der Waals surface area contributed by atoms with Crippen molar-refractivity contribution in [3.63, 3.8) is 0 Å². The SMILES string of the molecule is Cl.Cl.OCCn1ncc2c1CNC2. The first-order valence-electron chi connectivity index (χ1n) is 3.77. The molecular formula is C7H13Cl2N3O. The van der Waals surface area contributed by atoms with E-state index in [1.54, 1.807) is 0 Å². The van der Waals surface area contributed by atoms with Crippen molar-refractivity contribution in [2.75, 3.05) is 6.61 Å². The van der Waals surface area contributed by atoms with E-state index in [4.69, 9.17) is 5.11 Å². The molecule has 2 heterocycles. The number of hydrogen-bond acceptors (Lipinski definition) is 3. The Morgan fingerprint density at radius 2 is 2.23 bits per heavy atom. The molecule has 13 heavy (non-hydrogen) atoms. The van der Waals surface area contributed by atoms with Crippen molar-refractivity contribution < 1.29 is 5.11 Å². The maximum atomic E-state index is 8.69. The fourth-order valence-electron chi connectivity index (χ4n) is 1.40. The Bertz CT molecular complexity index is 264. The monoisotopic (exact) mass is 225 g/mol. The molecule has 0 amide bonds. The molecule has 0 aliphatic carbocycles. The molecule has 4 nitrogen and oxygen atoms in total. The van der Waals surface area contributed by atoms with Gasteiger partial charge in [0.05, 0.1) is 25.0 Å². The van der Waals surface area contributed by atoms with Crippen LogP contribution < -0.4 is 5.32 Å². The third kappa shape index (κ3) is 2.34. The van der Waals surface area contributed by atoms with Crippen LogP contribution in [0.2, 0.25) is 0 Å². The summed E-state index contributed by atoms with van der Waals surface area (Å²) in [4.78, 5) is 0. The van der Waals surface area contributed by atoms with Gasteiger partial charge in [-0.3, -0.25) is 4.68 Å². The lowest BCUT2D eigenvalue weighted by Gasteiger charge is -2.00. The summed E-state index contributed by atoms with van der Waals surface area (Å²) in [5.74, 6) is 0. The average molecular weight is 226 g/mol. The summed E-state index contributed by atoms with van der Waals surface area (Å²) < 4.78 is 1.86. The van der Waals surface area contributed by atoms with Crippen LogP contribution in [-0.4, -0.2) is 21.5 Å². The van der Waals surface area contributed by atoms with Crippen LogP contribution in [-0.2, 0) is 19.6 Å². The molecule has 6 heteroatoms. The Morgan fingerprint density at radius 1 is 1.46 bits per heavy atom. The zero-order valence-corrected chi connectivity index (χ0v) is 8.70. The quantitative estimate of drug-likeness (QED) is 0.763. The Balaban J connectivity index is 0.000000720. The number of aliphatic hydroxyl groups is 1. The Morgan fingerprint density at radius 3 is 2.92 bits per heavy atom. The zero-order valence-electron chi connectivity index (χ0n) is 7.06. The summed E-state index contributed by atoms with van der Waals surface area (Å²) in [5.41, 5.74) is 2.48. The van der Waals surface area contributed by atoms with Crippen molar-refractivity contribution in [2.24, 2.45) is 0 Å². The highest BCUT2D eigenvalue weighted by Gasteiger charge is 2.14. The molecule has 0 spiro atoms. The van der Waals surface area contributed by atoms with Gasteiger partial charge in [0, 0.05) is 18.7 Å². The number of rotatable bonds is 2. The maximum Gasteiger partial charge on any atom is 0.0644 e. The molecule has 0 bridgehead atoms. The van der Waals surface area contributed by atoms with Crippen LogP contribution in [0.25, 0.3) is 0 Å². The number of nitrogens with one attached hydrogen (secondary N) is 1. The van der Waals surface area contributed by atoms with Crippen molar-refractivity contribution in [1.29, 1.82) is 0 Å². The second kappa shape index (κ2) is 5.44. The van der Waals surface area contributed by atoms with Crippen LogP contribution >= 0.6 is 24.8 Å². The molecule has 2 N–H and O–H groups in total. The van der Waals surface area contributed by atoms with Gasteiger partial charge in [0.2, 0.25) is 0 Å². The fourth-order valence-corrected chi connectivity index (χ4v) is 1.40. The van der Waals surface area contributed by atoms with Gasteiger partial charge in [-0.15, -0.1) is 24.8 Å². The van der Waals surface area contributed by atoms with Gasteiger partial charge in [-0.05, 0) is 0 Å². The summed E-state index contributed by atoms with van der Waals surface area (Å²) in [6.07, 6.45) is 1.87. The Kier molecular flexibility index (Phi) is 5.32. The minimum absolute atomic E-state index is 0. The van der Waals surface area contributed by atoms with Crippen LogP contribution in [0.1, 0.15) is 11.3 Å². The van der Waals surface area contributed by atoms with E-state index in [0.29, 0.717) is 6.54 Å². The molecule has 1 aromatic rings. The summed E-state index contributed by atoms with van der Waals surface area (Å²) in [6, 6.07) is 0. The van der Waals surface area contributed by atoms with Gasteiger partial charge in [-0.25, -0.2) is 0 Å². The maximum absolute atomic E-state index is 8.69. The highest BCUT2D eigenvalue weighted by molar-refractivity contribution is 5.85. The van der Waals surface area contributed by atoms with E-state index in [1.807, 2.05) is 10.9 Å². The lowest BCUT2D eigenvalue weighted by atomic mass is 10.3. The van der Waals surface area contributed by atoms with Crippen LogP contribution in [0.4, 0.5) is 0 Å². The highest BCUT2D eigenvalue weighted by Crippen LogP contribution is 2.13. The third-order valence-electron chi connectivity index (χ3n) is 1.95. The summed E-state index contributed by atoms with van der Waals surface area (Å²) >= 11 is 0. The molecule has 0 fully saturated rings. The second-order valence-electron chi connectivity index (χ2n) is 2.67. The molecule has 0 aromatic carbocycles. The molecule has 0 saturated heterocycles. The predicted octanol–water partition coefficient (Wildman–Crippen LogP) is 0.322. The van der Waals surface area contributed by atoms with E-state index < -0.39 is 0 Å². The topological polar surface area (TPSA) is 50.1 Å². The standard InChI is InChI=1S/C7H11N3O.2ClH/c11-2-1-10-7-5-8-3-6(7)4-9-10;;/h4,8,11H,1-3,5H2;2*1H. The average Bonchev–Trinajstić information content (AvgIpc) is 2.53. The van der Waals surface area contributed by atoms with Crippen molar-refractivity contribution >= 4 is 24.8 Å². The molecule has 1 aromatic heterocycles. The number of halogens is 2. The largest absolute Gasteiger partial charge is 0.394 e. The minimum atomic E-state index is 0. The number of aliphatic hydroxyl groups excluding tert-OH is 1. The van der Waals surface area contributed by atoms with E-state index in [0.717, 1.165) is 13.1 Å². The third-order valence-corrected chi connectivity index (χ3v) is 1.95. The van der Waals surface area contributed by atoms with E-state index >= 15 is 0 Å². The molecule has 1 aliphatic heterocycles. The first kappa shape index (κ1) is 12.7. The van der Waals surface area contributed by atoms with E-state index in [1.165, 1.54) is 11.3 Å². The lowest BCUT2D eigenvalue weighted by molar-refractivity contribution is 0.267. The van der Waals surface area contributed by atoms with Crippen LogP contribution in [0.15, 0.2) is 6.20 Å². The lowest BCUT2D eigenvalue weighted by Crippen LogP contribution is -2.10. The van der Waals surface area contributed by atoms with Crippen molar-refractivity contribution in [1.82, 2.24) is 15.1 Å². The first-order chi connectivity index (χ1) is 5.42. The number of nitrogens with zero attached hydrogens (tertiary/aromatic N) is 2. The molecular weight excluding hydrogens is 213 g/mol. The molecule has 76 valence electrons. The summed E-state index contributed by atoms with van der Waals surface area (Å²) in [7, 11) is 0. The van der Waals surface area contributed by atoms with Gasteiger partial charge in [-0.2, -0.15) is 5.10 Å². The number of hydrogen-bond donors (Lipinski definition) is 2. The highest BCUT2D eigenvalue weighted by atomic mass is 35.5. The predicted molar refractivity (Wildman–Crippen MR) is 54.4 cm³/mol.